The first-order chi connectivity index (χ1) is 13.7. The number of benzene rings is 1. The van der Waals surface area contributed by atoms with Gasteiger partial charge in [-0.05, 0) is 56.1 Å². The Balaban J connectivity index is 1.51. The molecular weight excluding hydrogens is 352 g/mol. The molecule has 0 amide bonds. The Morgan fingerprint density at radius 3 is 2.04 bits per heavy atom. The second kappa shape index (κ2) is 13.4. The van der Waals surface area contributed by atoms with E-state index in [1.54, 1.807) is 12.1 Å². The van der Waals surface area contributed by atoms with E-state index in [-0.39, 0.29) is 11.9 Å². The predicted octanol–water partition coefficient (Wildman–Crippen LogP) is 5.94. The van der Waals surface area contributed by atoms with Crippen molar-refractivity contribution in [2.45, 2.75) is 77.6 Å². The van der Waals surface area contributed by atoms with Crippen LogP contribution < -0.4 is 0 Å². The van der Waals surface area contributed by atoms with Crippen molar-refractivity contribution < 1.29 is 19.1 Å². The molecule has 0 saturated heterocycles. The number of carbonyl (C=O) groups excluding carboxylic acids is 2. The number of rotatable bonds is 12. The summed E-state index contributed by atoms with van der Waals surface area (Å²) in [5.74, 6) is 0.582. The van der Waals surface area contributed by atoms with Gasteiger partial charge in [0, 0.05) is 6.42 Å². The average molecular weight is 389 g/mol. The van der Waals surface area contributed by atoms with Crippen molar-refractivity contribution in [3.05, 3.63) is 35.9 Å². The molecule has 0 radical (unpaired) electrons. The van der Waals surface area contributed by atoms with Gasteiger partial charge in [0.15, 0.2) is 0 Å². The number of hydrogen-bond donors (Lipinski definition) is 0. The van der Waals surface area contributed by atoms with Crippen LogP contribution in [0, 0.1) is 11.8 Å². The summed E-state index contributed by atoms with van der Waals surface area (Å²) in [5, 5.41) is 0. The Labute approximate surface area is 170 Å². The van der Waals surface area contributed by atoms with Gasteiger partial charge in [-0.25, -0.2) is 4.79 Å². The van der Waals surface area contributed by atoms with Gasteiger partial charge in [-0.15, -0.1) is 0 Å². The standard InChI is InChI=1S/C24H36O4/c1-2-3-4-5-6-10-13-23(25)27-18-20-14-16-21(17-15-20)19-28-24(26)22-11-8-7-9-12-22/h7-9,11-12,20-21H,2-6,10,13-19H2,1H3. The molecular formula is C24H36O4. The van der Waals surface area contributed by atoms with Gasteiger partial charge < -0.3 is 9.47 Å². The van der Waals surface area contributed by atoms with Crippen LogP contribution in [0.4, 0.5) is 0 Å². The van der Waals surface area contributed by atoms with Crippen molar-refractivity contribution in [3.8, 4) is 0 Å². The molecule has 4 nitrogen and oxygen atoms in total. The minimum atomic E-state index is -0.244. The lowest BCUT2D eigenvalue weighted by molar-refractivity contribution is -0.145. The summed E-state index contributed by atoms with van der Waals surface area (Å²) >= 11 is 0. The van der Waals surface area contributed by atoms with Crippen LogP contribution >= 0.6 is 0 Å². The summed E-state index contributed by atoms with van der Waals surface area (Å²) in [6.45, 7) is 3.24. The van der Waals surface area contributed by atoms with E-state index in [2.05, 4.69) is 6.92 Å². The van der Waals surface area contributed by atoms with Crippen LogP contribution in [-0.2, 0) is 14.3 Å². The third-order valence-electron chi connectivity index (χ3n) is 5.64. The fraction of sp³-hybridized carbons (Fsp3) is 0.667. The normalized spacial score (nSPS) is 19.2. The molecule has 0 unspecified atom stereocenters. The summed E-state index contributed by atoms with van der Waals surface area (Å²) in [5.41, 5.74) is 0.605. The monoisotopic (exact) mass is 388 g/mol. The van der Waals surface area contributed by atoms with Crippen molar-refractivity contribution in [3.63, 3.8) is 0 Å². The number of ether oxygens (including phenoxy) is 2. The van der Waals surface area contributed by atoms with Crippen LogP contribution in [0.2, 0.25) is 0 Å². The van der Waals surface area contributed by atoms with Gasteiger partial charge in [-0.2, -0.15) is 0 Å². The van der Waals surface area contributed by atoms with Crippen LogP contribution in [0.1, 0.15) is 87.9 Å². The van der Waals surface area contributed by atoms with Gasteiger partial charge in [0.25, 0.3) is 0 Å². The molecule has 0 spiro atoms. The van der Waals surface area contributed by atoms with E-state index in [4.69, 9.17) is 9.47 Å². The molecule has 1 aromatic rings. The highest BCUT2D eigenvalue weighted by Gasteiger charge is 2.23. The van der Waals surface area contributed by atoms with Crippen molar-refractivity contribution in [1.29, 1.82) is 0 Å². The van der Waals surface area contributed by atoms with E-state index in [0.717, 1.165) is 38.5 Å². The maximum Gasteiger partial charge on any atom is 0.338 e. The van der Waals surface area contributed by atoms with Gasteiger partial charge in [0.1, 0.15) is 0 Å². The number of hydrogen-bond acceptors (Lipinski definition) is 4. The van der Waals surface area contributed by atoms with E-state index >= 15 is 0 Å². The SMILES string of the molecule is CCCCCCCCC(=O)OCC1CCC(COC(=O)c2ccccc2)CC1. The predicted molar refractivity (Wildman–Crippen MR) is 111 cm³/mol. The fourth-order valence-electron chi connectivity index (χ4n) is 3.75. The molecule has 0 aromatic heterocycles. The minimum Gasteiger partial charge on any atom is -0.465 e. The first kappa shape index (κ1) is 22.4. The zero-order chi connectivity index (χ0) is 20.0. The molecule has 4 heteroatoms. The summed E-state index contributed by atoms with van der Waals surface area (Å²) < 4.78 is 10.9. The third kappa shape index (κ3) is 8.90. The Bertz CT molecular complexity index is 561. The van der Waals surface area contributed by atoms with Gasteiger partial charge in [-0.1, -0.05) is 57.2 Å². The summed E-state index contributed by atoms with van der Waals surface area (Å²) in [6.07, 6.45) is 11.8. The highest BCUT2D eigenvalue weighted by atomic mass is 16.5. The van der Waals surface area contributed by atoms with Crippen LogP contribution in [0.25, 0.3) is 0 Å². The molecule has 28 heavy (non-hydrogen) atoms. The molecule has 1 aromatic carbocycles. The van der Waals surface area contributed by atoms with Crippen LogP contribution in [0.3, 0.4) is 0 Å². The quantitative estimate of drug-likeness (QED) is 0.328. The average Bonchev–Trinajstić information content (AvgIpc) is 2.74. The molecule has 156 valence electrons. The van der Waals surface area contributed by atoms with Gasteiger partial charge in [0.05, 0.1) is 18.8 Å². The summed E-state index contributed by atoms with van der Waals surface area (Å²) in [4.78, 5) is 23.9. The van der Waals surface area contributed by atoms with Crippen LogP contribution in [0.5, 0.6) is 0 Å². The van der Waals surface area contributed by atoms with E-state index < -0.39 is 0 Å². The van der Waals surface area contributed by atoms with Crippen molar-refractivity contribution >= 4 is 11.9 Å². The van der Waals surface area contributed by atoms with E-state index in [0.29, 0.717) is 37.0 Å². The molecule has 0 aliphatic heterocycles. The molecule has 1 fully saturated rings. The number of carbonyl (C=O) groups is 2. The molecule has 0 N–H and O–H groups in total. The van der Waals surface area contributed by atoms with Crippen molar-refractivity contribution in [2.75, 3.05) is 13.2 Å². The van der Waals surface area contributed by atoms with Crippen molar-refractivity contribution in [1.82, 2.24) is 0 Å². The first-order valence-corrected chi connectivity index (χ1v) is 11.1. The maximum atomic E-state index is 12.0. The largest absolute Gasteiger partial charge is 0.465 e. The molecule has 1 aliphatic rings. The highest BCUT2D eigenvalue weighted by Crippen LogP contribution is 2.29. The van der Waals surface area contributed by atoms with E-state index in [1.807, 2.05) is 18.2 Å². The Hall–Kier alpha value is -1.84. The van der Waals surface area contributed by atoms with Crippen molar-refractivity contribution in [2.24, 2.45) is 11.8 Å². The molecule has 1 saturated carbocycles. The second-order valence-corrected chi connectivity index (χ2v) is 8.05. The Morgan fingerprint density at radius 1 is 0.821 bits per heavy atom. The molecule has 1 aliphatic carbocycles. The zero-order valence-corrected chi connectivity index (χ0v) is 17.4. The fourth-order valence-corrected chi connectivity index (χ4v) is 3.75. The number of unbranched alkanes of at least 4 members (excludes halogenated alkanes) is 5. The molecule has 0 atom stereocenters. The van der Waals surface area contributed by atoms with Gasteiger partial charge in [-0.3, -0.25) is 4.79 Å². The summed E-state index contributed by atoms with van der Waals surface area (Å²) in [6, 6.07) is 9.13. The minimum absolute atomic E-state index is 0.0468. The maximum absolute atomic E-state index is 12.0. The van der Waals surface area contributed by atoms with E-state index in [1.165, 1.54) is 25.7 Å². The Morgan fingerprint density at radius 2 is 1.39 bits per heavy atom. The zero-order valence-electron chi connectivity index (χ0n) is 17.4. The number of esters is 2. The van der Waals surface area contributed by atoms with Crippen LogP contribution in [-0.4, -0.2) is 25.2 Å². The third-order valence-corrected chi connectivity index (χ3v) is 5.64. The van der Waals surface area contributed by atoms with Crippen LogP contribution in [0.15, 0.2) is 30.3 Å². The molecule has 2 rings (SSSR count). The summed E-state index contributed by atoms with van der Waals surface area (Å²) in [7, 11) is 0. The molecule has 0 bridgehead atoms. The topological polar surface area (TPSA) is 52.6 Å². The lowest BCUT2D eigenvalue weighted by Gasteiger charge is -2.27. The Kier molecular flexibility index (Phi) is 10.7. The van der Waals surface area contributed by atoms with E-state index in [9.17, 15) is 9.59 Å². The second-order valence-electron chi connectivity index (χ2n) is 8.05. The van der Waals surface area contributed by atoms with Gasteiger partial charge in [0.2, 0.25) is 0 Å². The smallest absolute Gasteiger partial charge is 0.338 e. The van der Waals surface area contributed by atoms with Gasteiger partial charge >= 0.3 is 11.9 Å². The first-order valence-electron chi connectivity index (χ1n) is 11.1. The lowest BCUT2D eigenvalue weighted by atomic mass is 9.83. The highest BCUT2D eigenvalue weighted by molar-refractivity contribution is 5.89. The molecule has 0 heterocycles. The lowest BCUT2D eigenvalue weighted by Crippen LogP contribution is -2.23.